The first kappa shape index (κ1) is 22.1. The summed E-state index contributed by atoms with van der Waals surface area (Å²) in [4.78, 5) is 47.0. The fourth-order valence-electron chi connectivity index (χ4n) is 3.96. The van der Waals surface area contributed by atoms with Gasteiger partial charge in [0, 0.05) is 32.4 Å². The van der Waals surface area contributed by atoms with Crippen LogP contribution in [0, 0.1) is 17.8 Å². The number of amides is 4. The molecule has 0 bridgehead atoms. The molecule has 2 rings (SSSR count). The Kier molecular flexibility index (Phi) is 8.67. The molecule has 0 unspecified atom stereocenters. The van der Waals surface area contributed by atoms with E-state index in [4.69, 9.17) is 0 Å². The van der Waals surface area contributed by atoms with Crippen molar-refractivity contribution in [1.82, 2.24) is 16.0 Å². The maximum absolute atomic E-state index is 12.3. The van der Waals surface area contributed by atoms with Crippen LogP contribution in [0.25, 0.3) is 0 Å². The Morgan fingerprint density at radius 3 is 2.25 bits per heavy atom. The molecule has 0 radical (unpaired) electrons. The van der Waals surface area contributed by atoms with Crippen molar-refractivity contribution in [3.63, 3.8) is 0 Å². The number of piperidine rings is 1. The highest BCUT2D eigenvalue weighted by molar-refractivity contribution is 6.02. The van der Waals surface area contributed by atoms with Crippen LogP contribution in [0.3, 0.4) is 0 Å². The van der Waals surface area contributed by atoms with Gasteiger partial charge in [-0.2, -0.15) is 0 Å². The van der Waals surface area contributed by atoms with Crippen molar-refractivity contribution in [2.45, 2.75) is 65.2 Å². The summed E-state index contributed by atoms with van der Waals surface area (Å²) in [6, 6.07) is 0. The predicted octanol–water partition coefficient (Wildman–Crippen LogP) is 1.82. The molecule has 7 heteroatoms. The van der Waals surface area contributed by atoms with E-state index in [-0.39, 0.29) is 36.5 Å². The molecule has 156 valence electrons. The van der Waals surface area contributed by atoms with Crippen molar-refractivity contribution in [2.75, 3.05) is 13.1 Å². The van der Waals surface area contributed by atoms with Crippen molar-refractivity contribution < 1.29 is 19.2 Å². The first-order valence-electron chi connectivity index (χ1n) is 10.3. The van der Waals surface area contributed by atoms with E-state index in [2.05, 4.69) is 22.0 Å². The molecule has 0 aromatic carbocycles. The van der Waals surface area contributed by atoms with Crippen LogP contribution < -0.4 is 16.0 Å². The van der Waals surface area contributed by atoms with Gasteiger partial charge in [0.2, 0.25) is 23.6 Å². The van der Waals surface area contributed by atoms with Crippen LogP contribution in [-0.2, 0) is 19.2 Å². The van der Waals surface area contributed by atoms with Gasteiger partial charge in [-0.15, -0.1) is 0 Å². The molecule has 4 amide bonds. The zero-order chi connectivity index (χ0) is 20.5. The molecule has 2 atom stereocenters. The number of allylic oxidation sites excluding steroid dienone is 2. The first-order chi connectivity index (χ1) is 13.3. The van der Waals surface area contributed by atoms with E-state index in [9.17, 15) is 19.2 Å². The van der Waals surface area contributed by atoms with Gasteiger partial charge in [0.05, 0.1) is 5.92 Å². The van der Waals surface area contributed by atoms with Crippen molar-refractivity contribution in [3.8, 4) is 0 Å². The SMILES string of the molecule is CC(C)=CCCC(=O)NC[C@@H]1CCC[C@H](CNC(=O)C2CC(=O)NC(=O)C2)C1. The number of carbonyl (C=O) groups excluding carboxylic acids is 4. The molecule has 28 heavy (non-hydrogen) atoms. The normalized spacial score (nSPS) is 22.9. The fraction of sp³-hybridized carbons (Fsp3) is 0.714. The van der Waals surface area contributed by atoms with Gasteiger partial charge in [0.1, 0.15) is 0 Å². The van der Waals surface area contributed by atoms with Crippen LogP contribution in [0.1, 0.15) is 65.2 Å². The van der Waals surface area contributed by atoms with E-state index in [0.29, 0.717) is 31.3 Å². The Hall–Kier alpha value is -2.18. The van der Waals surface area contributed by atoms with E-state index >= 15 is 0 Å². The lowest BCUT2D eigenvalue weighted by Crippen LogP contribution is -2.45. The van der Waals surface area contributed by atoms with Crippen molar-refractivity contribution in [2.24, 2.45) is 17.8 Å². The lowest BCUT2D eigenvalue weighted by atomic mass is 9.81. The Labute approximate surface area is 167 Å². The summed E-state index contributed by atoms with van der Waals surface area (Å²) in [5, 5.41) is 8.18. The van der Waals surface area contributed by atoms with Gasteiger partial charge < -0.3 is 10.6 Å². The number of carbonyl (C=O) groups is 4. The second-order valence-electron chi connectivity index (χ2n) is 8.34. The minimum absolute atomic E-state index is 0.0731. The van der Waals surface area contributed by atoms with Crippen LogP contribution in [0.15, 0.2) is 11.6 Å². The first-order valence-corrected chi connectivity index (χ1v) is 10.3. The molecule has 7 nitrogen and oxygen atoms in total. The zero-order valence-electron chi connectivity index (χ0n) is 17.0. The van der Waals surface area contributed by atoms with Crippen molar-refractivity contribution in [3.05, 3.63) is 11.6 Å². The predicted molar refractivity (Wildman–Crippen MR) is 106 cm³/mol. The number of imide groups is 1. The molecule has 0 aromatic rings. The van der Waals surface area contributed by atoms with Crippen LogP contribution in [0.2, 0.25) is 0 Å². The van der Waals surface area contributed by atoms with Gasteiger partial charge in [-0.1, -0.05) is 18.1 Å². The molecular weight excluding hydrogens is 358 g/mol. The monoisotopic (exact) mass is 391 g/mol. The highest BCUT2D eigenvalue weighted by Crippen LogP contribution is 2.28. The fourth-order valence-corrected chi connectivity index (χ4v) is 3.96. The van der Waals surface area contributed by atoms with Gasteiger partial charge in [0.15, 0.2) is 0 Å². The lowest BCUT2D eigenvalue weighted by molar-refractivity contribution is -0.140. The van der Waals surface area contributed by atoms with Crippen LogP contribution >= 0.6 is 0 Å². The topological polar surface area (TPSA) is 104 Å². The summed E-state index contributed by atoms with van der Waals surface area (Å²) >= 11 is 0. The second-order valence-corrected chi connectivity index (χ2v) is 8.34. The van der Waals surface area contributed by atoms with Gasteiger partial charge >= 0.3 is 0 Å². The van der Waals surface area contributed by atoms with Gasteiger partial charge in [-0.25, -0.2) is 0 Å². The average Bonchev–Trinajstić information content (AvgIpc) is 2.63. The second kappa shape index (κ2) is 11.0. The van der Waals surface area contributed by atoms with Gasteiger partial charge in [-0.05, 0) is 51.4 Å². The molecule has 3 N–H and O–H groups in total. The smallest absolute Gasteiger partial charge is 0.227 e. The van der Waals surface area contributed by atoms with E-state index in [1.54, 1.807) is 0 Å². The third-order valence-corrected chi connectivity index (χ3v) is 5.48. The Morgan fingerprint density at radius 2 is 1.64 bits per heavy atom. The molecule has 1 saturated carbocycles. The quantitative estimate of drug-likeness (QED) is 0.434. The third kappa shape index (κ3) is 7.82. The number of rotatable bonds is 8. The standard InChI is InChI=1S/C21H33N3O4/c1-14(2)5-3-8-18(25)22-12-15-6-4-7-16(9-15)13-23-21(28)17-10-19(26)24-20(27)11-17/h5,15-17H,3-4,6-13H2,1-2H3,(H,22,25)(H,23,28)(H,24,26,27)/t15-,16+/m1/s1. The summed E-state index contributed by atoms with van der Waals surface area (Å²) < 4.78 is 0. The molecule has 1 saturated heterocycles. The summed E-state index contributed by atoms with van der Waals surface area (Å²) in [5.74, 6) is -0.626. The van der Waals surface area contributed by atoms with Crippen LogP contribution in [-0.4, -0.2) is 36.7 Å². The summed E-state index contributed by atoms with van der Waals surface area (Å²) in [6.45, 7) is 5.31. The van der Waals surface area contributed by atoms with Gasteiger partial charge in [-0.3, -0.25) is 24.5 Å². The Bertz CT molecular complexity index is 609. The van der Waals surface area contributed by atoms with E-state index < -0.39 is 5.92 Å². The number of hydrogen-bond acceptors (Lipinski definition) is 4. The number of nitrogens with one attached hydrogen (secondary N) is 3. The maximum Gasteiger partial charge on any atom is 0.227 e. The Morgan fingerprint density at radius 1 is 1.04 bits per heavy atom. The summed E-state index contributed by atoms with van der Waals surface area (Å²) in [6.07, 6.45) is 7.71. The minimum atomic E-state index is -0.555. The highest BCUT2D eigenvalue weighted by Gasteiger charge is 2.31. The van der Waals surface area contributed by atoms with Crippen LogP contribution in [0.5, 0.6) is 0 Å². The molecule has 1 aliphatic heterocycles. The van der Waals surface area contributed by atoms with E-state index in [0.717, 1.165) is 32.1 Å². The van der Waals surface area contributed by atoms with Crippen molar-refractivity contribution in [1.29, 1.82) is 0 Å². The maximum atomic E-state index is 12.3. The Balaban J connectivity index is 1.67. The lowest BCUT2D eigenvalue weighted by Gasteiger charge is -2.30. The van der Waals surface area contributed by atoms with Gasteiger partial charge in [0.25, 0.3) is 0 Å². The van der Waals surface area contributed by atoms with Crippen molar-refractivity contribution >= 4 is 23.6 Å². The molecule has 0 aromatic heterocycles. The zero-order valence-corrected chi connectivity index (χ0v) is 17.0. The molecule has 1 heterocycles. The molecule has 2 fully saturated rings. The molecule has 1 aliphatic carbocycles. The molecular formula is C21H33N3O4. The molecule has 2 aliphatic rings. The third-order valence-electron chi connectivity index (χ3n) is 5.48. The highest BCUT2D eigenvalue weighted by atomic mass is 16.2. The average molecular weight is 392 g/mol. The van der Waals surface area contributed by atoms with Crippen LogP contribution in [0.4, 0.5) is 0 Å². The minimum Gasteiger partial charge on any atom is -0.356 e. The van der Waals surface area contributed by atoms with E-state index in [1.165, 1.54) is 5.57 Å². The van der Waals surface area contributed by atoms with E-state index in [1.807, 2.05) is 13.8 Å². The molecule has 0 spiro atoms. The summed E-state index contributed by atoms with van der Waals surface area (Å²) in [7, 11) is 0. The largest absolute Gasteiger partial charge is 0.356 e. The number of hydrogen-bond donors (Lipinski definition) is 3. The summed E-state index contributed by atoms with van der Waals surface area (Å²) in [5.41, 5.74) is 1.23.